The summed E-state index contributed by atoms with van der Waals surface area (Å²) in [4.78, 5) is 0. The average molecular weight is 302 g/mol. The van der Waals surface area contributed by atoms with Gasteiger partial charge in [0.1, 0.15) is 5.75 Å². The molecule has 0 aliphatic heterocycles. The van der Waals surface area contributed by atoms with Crippen molar-refractivity contribution in [1.82, 2.24) is 0 Å². The van der Waals surface area contributed by atoms with E-state index in [2.05, 4.69) is 0 Å². The van der Waals surface area contributed by atoms with Crippen LogP contribution in [0.25, 0.3) is 6.08 Å². The first kappa shape index (κ1) is 13.5. The smallest absolute Gasteiger partial charge is 0.119 e. The highest BCUT2D eigenvalue weighted by atomic mass is 35.5. The number of ether oxygens (including phenoxy) is 1. The molecular weight excluding hydrogens is 291 g/mol. The fraction of sp³-hybridized carbons (Fsp3) is 0.143. The first-order chi connectivity index (χ1) is 8.61. The van der Waals surface area contributed by atoms with Gasteiger partial charge < -0.3 is 4.74 Å². The SMILES string of the molecule is CCOc1ccc(/C=C2/C=C(Cl)C(Cl)=C2Cl)cc1. The van der Waals surface area contributed by atoms with E-state index in [1.807, 2.05) is 37.3 Å². The Morgan fingerprint density at radius 3 is 2.22 bits per heavy atom. The Labute approximate surface area is 121 Å². The van der Waals surface area contributed by atoms with Crippen LogP contribution >= 0.6 is 34.8 Å². The second kappa shape index (κ2) is 5.83. The highest BCUT2D eigenvalue weighted by molar-refractivity contribution is 6.50. The molecule has 4 heteroatoms. The average Bonchev–Trinajstić information content (AvgIpc) is 2.60. The molecule has 0 aromatic heterocycles. The molecule has 1 aliphatic carbocycles. The van der Waals surface area contributed by atoms with Crippen LogP contribution in [-0.4, -0.2) is 6.61 Å². The highest BCUT2D eigenvalue weighted by Gasteiger charge is 2.17. The van der Waals surface area contributed by atoms with Crippen molar-refractivity contribution in [2.45, 2.75) is 6.92 Å². The van der Waals surface area contributed by atoms with E-state index in [1.165, 1.54) is 0 Å². The number of hydrogen-bond donors (Lipinski definition) is 0. The minimum atomic E-state index is 0.399. The van der Waals surface area contributed by atoms with Gasteiger partial charge in [-0.3, -0.25) is 0 Å². The molecule has 1 aliphatic rings. The van der Waals surface area contributed by atoms with Crippen molar-refractivity contribution in [2.75, 3.05) is 6.61 Å². The molecule has 0 unspecified atom stereocenters. The Balaban J connectivity index is 2.24. The molecule has 0 fully saturated rings. The minimum absolute atomic E-state index is 0.399. The maximum Gasteiger partial charge on any atom is 0.119 e. The van der Waals surface area contributed by atoms with Crippen molar-refractivity contribution in [2.24, 2.45) is 0 Å². The van der Waals surface area contributed by atoms with Crippen LogP contribution in [0.15, 0.2) is 51.0 Å². The first-order valence-electron chi connectivity index (χ1n) is 5.49. The van der Waals surface area contributed by atoms with Crippen LogP contribution in [0.1, 0.15) is 12.5 Å². The molecule has 0 radical (unpaired) electrons. The van der Waals surface area contributed by atoms with Crippen LogP contribution in [0.4, 0.5) is 0 Å². The Kier molecular flexibility index (Phi) is 4.39. The number of halogens is 3. The Hall–Kier alpha value is -0.890. The van der Waals surface area contributed by atoms with Crippen LogP contribution in [0.5, 0.6) is 5.75 Å². The monoisotopic (exact) mass is 300 g/mol. The van der Waals surface area contributed by atoms with E-state index in [1.54, 1.807) is 6.08 Å². The molecule has 0 N–H and O–H groups in total. The van der Waals surface area contributed by atoms with E-state index < -0.39 is 0 Å². The van der Waals surface area contributed by atoms with Gasteiger partial charge in [-0.2, -0.15) is 0 Å². The summed E-state index contributed by atoms with van der Waals surface area (Å²) in [6, 6.07) is 7.73. The Morgan fingerprint density at radius 1 is 1.06 bits per heavy atom. The number of allylic oxidation sites excluding steroid dienone is 5. The van der Waals surface area contributed by atoms with E-state index in [4.69, 9.17) is 39.5 Å². The summed E-state index contributed by atoms with van der Waals surface area (Å²) in [7, 11) is 0. The lowest BCUT2D eigenvalue weighted by Gasteiger charge is -2.03. The third kappa shape index (κ3) is 2.92. The lowest BCUT2D eigenvalue weighted by Crippen LogP contribution is -1.90. The largest absolute Gasteiger partial charge is 0.494 e. The molecule has 2 rings (SSSR count). The quantitative estimate of drug-likeness (QED) is 0.736. The molecule has 1 aromatic carbocycles. The van der Waals surface area contributed by atoms with Gasteiger partial charge in [-0.1, -0.05) is 46.9 Å². The standard InChI is InChI=1S/C14H11Cl3O/c1-2-18-11-5-3-9(4-6-11)7-10-8-12(15)14(17)13(10)16/h3-8H,2H2,1H3/b10-7-. The zero-order chi connectivity index (χ0) is 13.1. The summed E-state index contributed by atoms with van der Waals surface area (Å²) in [5.41, 5.74) is 1.83. The van der Waals surface area contributed by atoms with Crippen molar-refractivity contribution >= 4 is 40.9 Å². The fourth-order valence-corrected chi connectivity index (χ4v) is 2.24. The van der Waals surface area contributed by atoms with Gasteiger partial charge in [0.15, 0.2) is 0 Å². The van der Waals surface area contributed by atoms with Gasteiger partial charge in [-0.05, 0) is 42.3 Å². The van der Waals surface area contributed by atoms with Gasteiger partial charge in [0.05, 0.1) is 21.7 Å². The summed E-state index contributed by atoms with van der Waals surface area (Å²) in [5.74, 6) is 0.847. The predicted octanol–water partition coefficient (Wildman–Crippen LogP) is 5.29. The van der Waals surface area contributed by atoms with Gasteiger partial charge in [-0.15, -0.1) is 0 Å². The summed E-state index contributed by atoms with van der Waals surface area (Å²) in [5, 5.41) is 1.35. The number of benzene rings is 1. The molecule has 0 amide bonds. The van der Waals surface area contributed by atoms with Crippen LogP contribution in [0, 0.1) is 0 Å². The Morgan fingerprint density at radius 2 is 1.72 bits per heavy atom. The minimum Gasteiger partial charge on any atom is -0.494 e. The van der Waals surface area contributed by atoms with Gasteiger partial charge in [0.2, 0.25) is 0 Å². The van der Waals surface area contributed by atoms with Crippen LogP contribution < -0.4 is 4.74 Å². The molecular formula is C14H11Cl3O. The third-order valence-corrected chi connectivity index (χ3v) is 3.74. The molecule has 0 bridgehead atoms. The molecule has 1 nitrogen and oxygen atoms in total. The van der Waals surface area contributed by atoms with E-state index >= 15 is 0 Å². The van der Waals surface area contributed by atoms with Crippen LogP contribution in [-0.2, 0) is 0 Å². The molecule has 1 aromatic rings. The topological polar surface area (TPSA) is 9.23 Å². The Bertz CT molecular complexity index is 539. The van der Waals surface area contributed by atoms with E-state index in [0.29, 0.717) is 21.7 Å². The normalized spacial score (nSPS) is 17.3. The third-order valence-electron chi connectivity index (χ3n) is 2.45. The van der Waals surface area contributed by atoms with Crippen molar-refractivity contribution in [3.8, 4) is 5.75 Å². The van der Waals surface area contributed by atoms with Crippen LogP contribution in [0.3, 0.4) is 0 Å². The van der Waals surface area contributed by atoms with E-state index in [9.17, 15) is 0 Å². The summed E-state index contributed by atoms with van der Waals surface area (Å²) in [6.07, 6.45) is 3.68. The second-order valence-corrected chi connectivity index (χ2v) is 4.89. The maximum atomic E-state index is 6.07. The molecule has 0 spiro atoms. The van der Waals surface area contributed by atoms with Crippen molar-refractivity contribution in [1.29, 1.82) is 0 Å². The molecule has 0 saturated carbocycles. The zero-order valence-corrected chi connectivity index (χ0v) is 12.0. The molecule has 0 heterocycles. The fourth-order valence-electron chi connectivity index (χ4n) is 1.61. The highest BCUT2D eigenvalue weighted by Crippen LogP contribution is 2.38. The van der Waals surface area contributed by atoms with E-state index in [-0.39, 0.29) is 0 Å². The van der Waals surface area contributed by atoms with Gasteiger partial charge in [0, 0.05) is 0 Å². The maximum absolute atomic E-state index is 6.07. The van der Waals surface area contributed by atoms with Gasteiger partial charge >= 0.3 is 0 Å². The number of hydrogen-bond acceptors (Lipinski definition) is 1. The van der Waals surface area contributed by atoms with Crippen molar-refractivity contribution in [3.05, 3.63) is 56.6 Å². The lowest BCUT2D eigenvalue weighted by molar-refractivity contribution is 0.340. The van der Waals surface area contributed by atoms with Crippen molar-refractivity contribution in [3.63, 3.8) is 0 Å². The second-order valence-electron chi connectivity index (χ2n) is 3.72. The number of rotatable bonds is 3. The zero-order valence-electron chi connectivity index (χ0n) is 9.71. The summed E-state index contributed by atoms with van der Waals surface area (Å²) >= 11 is 17.9. The summed E-state index contributed by atoms with van der Waals surface area (Å²) in [6.45, 7) is 2.61. The molecule has 94 valence electrons. The first-order valence-corrected chi connectivity index (χ1v) is 6.63. The van der Waals surface area contributed by atoms with Gasteiger partial charge in [-0.25, -0.2) is 0 Å². The van der Waals surface area contributed by atoms with E-state index in [0.717, 1.165) is 16.9 Å². The molecule has 0 saturated heterocycles. The van der Waals surface area contributed by atoms with Crippen LogP contribution in [0.2, 0.25) is 0 Å². The predicted molar refractivity (Wildman–Crippen MR) is 78.3 cm³/mol. The van der Waals surface area contributed by atoms with Crippen molar-refractivity contribution < 1.29 is 4.74 Å². The molecule has 18 heavy (non-hydrogen) atoms. The summed E-state index contributed by atoms with van der Waals surface area (Å²) < 4.78 is 5.38. The lowest BCUT2D eigenvalue weighted by atomic mass is 10.1. The molecule has 0 atom stereocenters. The van der Waals surface area contributed by atoms with Gasteiger partial charge in [0.25, 0.3) is 0 Å².